The molecule has 5 unspecified atom stereocenters. The van der Waals surface area contributed by atoms with E-state index < -0.39 is 30.1 Å². The fourth-order valence-corrected chi connectivity index (χ4v) is 5.39. The van der Waals surface area contributed by atoms with Crippen molar-refractivity contribution in [1.29, 1.82) is 0 Å². The first kappa shape index (κ1) is 25.5. The minimum absolute atomic E-state index is 0.0888. The van der Waals surface area contributed by atoms with E-state index in [1.165, 1.54) is 11.3 Å². The van der Waals surface area contributed by atoms with Gasteiger partial charge in [0.1, 0.15) is 22.4 Å². The molecule has 1 saturated carbocycles. The number of aliphatic hydroxyl groups excluding tert-OH is 2. The van der Waals surface area contributed by atoms with Crippen molar-refractivity contribution in [2.45, 2.75) is 64.4 Å². The first-order valence-electron chi connectivity index (χ1n) is 11.4. The Bertz CT molecular complexity index is 1200. The number of nitrogens with one attached hydrogen (secondary N) is 2. The molecule has 3 aromatic heterocycles. The van der Waals surface area contributed by atoms with Crippen molar-refractivity contribution in [1.82, 2.24) is 19.9 Å². The number of hydrogen-bond donors (Lipinski definition) is 4. The van der Waals surface area contributed by atoms with E-state index in [1.807, 2.05) is 26.8 Å². The lowest BCUT2D eigenvalue weighted by atomic mass is 9.98. The SMILES string of the molecule is COC(C)CNc1nc(C)c(-c2nc3c(C)nccc3s2)c(NC2CC(C(C)(F)F)C(O)C2O)n1. The number of halogens is 2. The molecule has 3 heterocycles. The van der Waals surface area contributed by atoms with Crippen molar-refractivity contribution in [3.05, 3.63) is 23.7 Å². The van der Waals surface area contributed by atoms with Gasteiger partial charge in [-0.1, -0.05) is 0 Å². The smallest absolute Gasteiger partial charge is 0.250 e. The molecule has 0 aromatic carbocycles. The Kier molecular flexibility index (Phi) is 7.18. The van der Waals surface area contributed by atoms with Gasteiger partial charge < -0.3 is 25.6 Å². The second-order valence-electron chi connectivity index (χ2n) is 9.08. The highest BCUT2D eigenvalue weighted by atomic mass is 32.1. The first-order valence-corrected chi connectivity index (χ1v) is 12.2. The van der Waals surface area contributed by atoms with E-state index in [9.17, 15) is 19.0 Å². The van der Waals surface area contributed by atoms with Gasteiger partial charge in [0.15, 0.2) is 0 Å². The molecule has 3 aromatic rings. The topological polar surface area (TPSA) is 125 Å². The minimum atomic E-state index is -3.14. The van der Waals surface area contributed by atoms with Gasteiger partial charge in [-0.3, -0.25) is 4.98 Å². The Morgan fingerprint density at radius 2 is 1.94 bits per heavy atom. The predicted molar refractivity (Wildman–Crippen MR) is 131 cm³/mol. The van der Waals surface area contributed by atoms with Gasteiger partial charge in [0.25, 0.3) is 5.92 Å². The molecule has 0 bridgehead atoms. The third-order valence-corrected chi connectivity index (χ3v) is 7.44. The molecule has 1 fully saturated rings. The molecule has 1 aliphatic carbocycles. The number of thiazole rings is 1. The van der Waals surface area contributed by atoms with Gasteiger partial charge in [-0.05, 0) is 40.2 Å². The molecule has 0 spiro atoms. The van der Waals surface area contributed by atoms with Crippen LogP contribution in [0.2, 0.25) is 0 Å². The molecule has 1 aliphatic rings. The second-order valence-corrected chi connectivity index (χ2v) is 10.1. The molecular formula is C23H30F2N6O3S. The van der Waals surface area contributed by atoms with E-state index in [-0.39, 0.29) is 12.5 Å². The highest BCUT2D eigenvalue weighted by Gasteiger charge is 2.51. The monoisotopic (exact) mass is 508 g/mol. The van der Waals surface area contributed by atoms with Crippen molar-refractivity contribution in [2.75, 3.05) is 24.3 Å². The van der Waals surface area contributed by atoms with Crippen molar-refractivity contribution >= 4 is 33.3 Å². The summed E-state index contributed by atoms with van der Waals surface area (Å²) >= 11 is 1.44. The largest absolute Gasteiger partial charge is 0.390 e. The van der Waals surface area contributed by atoms with E-state index in [0.717, 1.165) is 22.8 Å². The zero-order valence-electron chi connectivity index (χ0n) is 20.2. The predicted octanol–water partition coefficient (Wildman–Crippen LogP) is 3.39. The molecule has 12 heteroatoms. The second kappa shape index (κ2) is 9.84. The van der Waals surface area contributed by atoms with Crippen LogP contribution in [0.5, 0.6) is 0 Å². The summed E-state index contributed by atoms with van der Waals surface area (Å²) in [5.74, 6) is -3.85. The molecule has 0 amide bonds. The van der Waals surface area contributed by atoms with Crippen LogP contribution in [0, 0.1) is 19.8 Å². The van der Waals surface area contributed by atoms with Crippen molar-refractivity contribution < 1.29 is 23.7 Å². The van der Waals surface area contributed by atoms with Crippen molar-refractivity contribution in [3.8, 4) is 10.6 Å². The number of nitrogens with zero attached hydrogens (tertiary/aromatic N) is 4. The number of methoxy groups -OCH3 is 1. The Morgan fingerprint density at radius 1 is 1.20 bits per heavy atom. The number of hydrogen-bond acceptors (Lipinski definition) is 10. The van der Waals surface area contributed by atoms with Crippen molar-refractivity contribution in [2.24, 2.45) is 5.92 Å². The highest BCUT2D eigenvalue weighted by Crippen LogP contribution is 2.41. The average molecular weight is 509 g/mol. The number of pyridine rings is 1. The standard InChI is InChI=1S/C23H30F2N6O3S/c1-10(34-5)9-27-22-28-11(2)16(21-30-17-12(3)26-7-6-15(17)35-21)20(31-22)29-14-8-13(23(4,24)25)18(32)19(14)33/h6-7,10,13-14,18-19,32-33H,8-9H2,1-5H3,(H2,27,28,29,31). The molecule has 0 aliphatic heterocycles. The average Bonchev–Trinajstić information content (AvgIpc) is 3.34. The molecule has 35 heavy (non-hydrogen) atoms. The first-order chi connectivity index (χ1) is 16.5. The van der Waals surface area contributed by atoms with E-state index in [2.05, 4.69) is 25.6 Å². The van der Waals surface area contributed by atoms with E-state index >= 15 is 0 Å². The summed E-state index contributed by atoms with van der Waals surface area (Å²) in [4.78, 5) is 18.2. The maximum absolute atomic E-state index is 14.0. The summed E-state index contributed by atoms with van der Waals surface area (Å²) < 4.78 is 34.3. The zero-order valence-corrected chi connectivity index (χ0v) is 21.0. The Balaban J connectivity index is 1.75. The van der Waals surface area contributed by atoms with Gasteiger partial charge in [0.05, 0.1) is 45.8 Å². The van der Waals surface area contributed by atoms with Gasteiger partial charge in [-0.15, -0.1) is 11.3 Å². The Hall–Kier alpha value is -2.54. The fraction of sp³-hybridized carbons (Fsp3) is 0.565. The van der Waals surface area contributed by atoms with Crippen LogP contribution in [0.25, 0.3) is 20.8 Å². The van der Waals surface area contributed by atoms with Crippen LogP contribution in [0.4, 0.5) is 20.5 Å². The third kappa shape index (κ3) is 5.20. The number of alkyl halides is 2. The molecule has 5 atom stereocenters. The van der Waals surface area contributed by atoms with Crippen LogP contribution >= 0.6 is 11.3 Å². The highest BCUT2D eigenvalue weighted by molar-refractivity contribution is 7.21. The van der Waals surface area contributed by atoms with Crippen LogP contribution in [-0.2, 0) is 4.74 Å². The van der Waals surface area contributed by atoms with Gasteiger partial charge in [-0.2, -0.15) is 4.98 Å². The summed E-state index contributed by atoms with van der Waals surface area (Å²) in [5.41, 5.74) is 2.76. The van der Waals surface area contributed by atoms with Crippen LogP contribution in [0.3, 0.4) is 0 Å². The number of aromatic nitrogens is 4. The van der Waals surface area contributed by atoms with Gasteiger partial charge in [-0.25, -0.2) is 18.7 Å². The number of rotatable bonds is 8. The zero-order chi connectivity index (χ0) is 25.5. The summed E-state index contributed by atoms with van der Waals surface area (Å²) in [7, 11) is 1.60. The summed E-state index contributed by atoms with van der Waals surface area (Å²) in [6.45, 7) is 6.79. The molecule has 190 valence electrons. The number of ether oxygens (including phenoxy) is 1. The van der Waals surface area contributed by atoms with Gasteiger partial charge in [0, 0.05) is 19.9 Å². The lowest BCUT2D eigenvalue weighted by Gasteiger charge is -2.22. The van der Waals surface area contributed by atoms with E-state index in [1.54, 1.807) is 13.3 Å². The third-order valence-electron chi connectivity index (χ3n) is 6.40. The molecule has 4 rings (SSSR count). The lowest BCUT2D eigenvalue weighted by Crippen LogP contribution is -2.38. The number of aryl methyl sites for hydroxylation is 2. The Labute approximate surface area is 206 Å². The molecular weight excluding hydrogens is 478 g/mol. The molecule has 4 N–H and O–H groups in total. The summed E-state index contributed by atoms with van der Waals surface area (Å²) in [6.07, 6.45) is -1.45. The van der Waals surface area contributed by atoms with Crippen LogP contribution in [0.15, 0.2) is 12.3 Å². The molecule has 0 radical (unpaired) electrons. The number of anilines is 2. The maximum atomic E-state index is 14.0. The fourth-order valence-electron chi connectivity index (χ4n) is 4.27. The van der Waals surface area contributed by atoms with Crippen LogP contribution in [0.1, 0.15) is 31.7 Å². The summed E-state index contributed by atoms with van der Waals surface area (Å²) in [6, 6.07) is 1.04. The lowest BCUT2D eigenvalue weighted by molar-refractivity contribution is -0.0950. The number of fused-ring (bicyclic) bond motifs is 1. The maximum Gasteiger partial charge on any atom is 0.250 e. The molecule has 0 saturated heterocycles. The van der Waals surface area contributed by atoms with E-state index in [0.29, 0.717) is 34.6 Å². The van der Waals surface area contributed by atoms with Crippen LogP contribution < -0.4 is 10.6 Å². The van der Waals surface area contributed by atoms with Gasteiger partial charge in [0.2, 0.25) is 5.95 Å². The number of aliphatic hydroxyl groups is 2. The molecule has 9 nitrogen and oxygen atoms in total. The quantitative estimate of drug-likeness (QED) is 0.362. The van der Waals surface area contributed by atoms with Gasteiger partial charge >= 0.3 is 0 Å². The normalized spacial score (nSPS) is 23.6. The minimum Gasteiger partial charge on any atom is -0.390 e. The Morgan fingerprint density at radius 3 is 2.57 bits per heavy atom. The van der Waals surface area contributed by atoms with Crippen LogP contribution in [-0.4, -0.2) is 74.1 Å². The summed E-state index contributed by atoms with van der Waals surface area (Å²) in [5, 5.41) is 27.7. The van der Waals surface area contributed by atoms with E-state index in [4.69, 9.17) is 9.72 Å². The van der Waals surface area contributed by atoms with Crippen molar-refractivity contribution in [3.63, 3.8) is 0 Å².